The number of alkyl halides is 3. The van der Waals surface area contributed by atoms with Gasteiger partial charge >= 0.3 is 6.18 Å². The van der Waals surface area contributed by atoms with Crippen LogP contribution in [0.5, 0.6) is 0 Å². The number of hydrogen-bond acceptors (Lipinski definition) is 2. The van der Waals surface area contributed by atoms with E-state index in [0.29, 0.717) is 28.0 Å². The zero-order chi connectivity index (χ0) is 20.0. The second-order valence-corrected chi connectivity index (χ2v) is 5.45. The predicted molar refractivity (Wildman–Crippen MR) is 83.4 cm³/mol. The Morgan fingerprint density at radius 1 is 1.08 bits per heavy atom. The molecule has 0 aromatic heterocycles. The molecule has 24 heavy (non-hydrogen) atoms. The lowest BCUT2D eigenvalue weighted by Crippen LogP contribution is -2.38. The molecule has 0 atom stereocenters. The summed E-state index contributed by atoms with van der Waals surface area (Å²) in [5.41, 5.74) is 1.17. The van der Waals surface area contributed by atoms with Gasteiger partial charge in [-0.2, -0.15) is 13.2 Å². The van der Waals surface area contributed by atoms with E-state index in [0.717, 1.165) is 12.1 Å². The molecule has 0 fully saturated rings. The molecule has 0 unspecified atom stereocenters. The van der Waals surface area contributed by atoms with Gasteiger partial charge in [-0.25, -0.2) is 0 Å². The van der Waals surface area contributed by atoms with E-state index in [-0.39, 0.29) is 12.1 Å². The Bertz CT molecular complexity index is 906. The number of aryl methyl sites for hydroxylation is 1. The van der Waals surface area contributed by atoms with Crippen molar-refractivity contribution in [3.05, 3.63) is 53.6 Å². The van der Waals surface area contributed by atoms with Gasteiger partial charge in [0.2, 0.25) is 11.8 Å². The summed E-state index contributed by atoms with van der Waals surface area (Å²) in [6.07, 6.45) is -4.14. The number of benzene rings is 2. The zero-order valence-electron chi connectivity index (χ0n) is 15.4. The minimum Gasteiger partial charge on any atom is -0.274 e. The maximum absolute atomic E-state index is 12.7. The van der Waals surface area contributed by atoms with Crippen LogP contribution >= 0.6 is 0 Å². The van der Waals surface area contributed by atoms with Gasteiger partial charge in [0.05, 0.1) is 11.3 Å². The average Bonchev–Trinajstić information content (AvgIpc) is 2.59. The van der Waals surface area contributed by atoms with Crippen LogP contribution in [0.3, 0.4) is 0 Å². The summed E-state index contributed by atoms with van der Waals surface area (Å²) >= 11 is 0. The number of rotatable bonds is 1. The number of nitrogens with zero attached hydrogens (tertiary/aromatic N) is 1. The second-order valence-electron chi connectivity index (χ2n) is 5.45. The van der Waals surface area contributed by atoms with Gasteiger partial charge in [-0.05, 0) is 47.4 Å². The standard InChI is InChI=1S/C18H14F3NO2/c1-11(23)22-16-8-4-13(10-14(16)5-9-17(22)24)12-2-6-15(7-3-12)18(19,20)21/h2-4,6-8,10H,5,9H2,1H3/i1D3. The molecule has 124 valence electrons. The summed E-state index contributed by atoms with van der Waals surface area (Å²) in [5.74, 6) is -1.86. The van der Waals surface area contributed by atoms with Crippen molar-refractivity contribution in [1.29, 1.82) is 0 Å². The van der Waals surface area contributed by atoms with Crippen molar-refractivity contribution in [3.8, 4) is 11.1 Å². The Hall–Kier alpha value is -2.63. The molecule has 1 aliphatic rings. The van der Waals surface area contributed by atoms with Crippen molar-refractivity contribution in [2.45, 2.75) is 25.9 Å². The minimum atomic E-state index is -4.43. The lowest BCUT2D eigenvalue weighted by atomic mass is 9.95. The van der Waals surface area contributed by atoms with E-state index in [9.17, 15) is 22.8 Å². The molecule has 0 aliphatic carbocycles. The summed E-state index contributed by atoms with van der Waals surface area (Å²) in [6, 6.07) is 9.27. The molecule has 0 bridgehead atoms. The Morgan fingerprint density at radius 2 is 1.75 bits per heavy atom. The van der Waals surface area contributed by atoms with Crippen LogP contribution < -0.4 is 4.90 Å². The van der Waals surface area contributed by atoms with Crippen LogP contribution in [0.4, 0.5) is 18.9 Å². The highest BCUT2D eigenvalue weighted by atomic mass is 19.4. The van der Waals surface area contributed by atoms with Gasteiger partial charge in [0, 0.05) is 17.4 Å². The lowest BCUT2D eigenvalue weighted by Gasteiger charge is -2.27. The van der Waals surface area contributed by atoms with Crippen LogP contribution in [0.2, 0.25) is 0 Å². The first-order chi connectivity index (χ1) is 12.5. The van der Waals surface area contributed by atoms with Crippen LogP contribution in [0.25, 0.3) is 11.1 Å². The summed E-state index contributed by atoms with van der Waals surface area (Å²) < 4.78 is 59.8. The molecule has 3 rings (SSSR count). The molecule has 0 radical (unpaired) electrons. The molecule has 6 heteroatoms. The van der Waals surface area contributed by atoms with Crippen molar-refractivity contribution in [1.82, 2.24) is 0 Å². The van der Waals surface area contributed by atoms with Gasteiger partial charge in [-0.1, -0.05) is 18.2 Å². The highest BCUT2D eigenvalue weighted by Crippen LogP contribution is 2.34. The van der Waals surface area contributed by atoms with E-state index in [1.807, 2.05) is 0 Å². The smallest absolute Gasteiger partial charge is 0.274 e. The monoisotopic (exact) mass is 336 g/mol. The number of hydrogen-bond donors (Lipinski definition) is 0. The van der Waals surface area contributed by atoms with Crippen molar-refractivity contribution >= 4 is 17.5 Å². The Kier molecular flexibility index (Phi) is 3.07. The fraction of sp³-hybridized carbons (Fsp3) is 0.222. The first-order valence-corrected chi connectivity index (χ1v) is 7.16. The Morgan fingerprint density at radius 3 is 2.38 bits per heavy atom. The van der Waals surface area contributed by atoms with Crippen molar-refractivity contribution in [2.75, 3.05) is 4.90 Å². The number of halogens is 3. The van der Waals surface area contributed by atoms with Crippen LogP contribution in [0.1, 0.15) is 28.5 Å². The number of anilines is 1. The molecular formula is C18H14F3NO2. The van der Waals surface area contributed by atoms with E-state index < -0.39 is 30.4 Å². The maximum atomic E-state index is 12.7. The quantitative estimate of drug-likeness (QED) is 0.783. The molecule has 3 nitrogen and oxygen atoms in total. The molecule has 0 saturated heterocycles. The third kappa shape index (κ3) is 2.91. The van der Waals surface area contributed by atoms with E-state index in [2.05, 4.69) is 0 Å². The third-order valence-corrected chi connectivity index (χ3v) is 3.93. The molecule has 2 aromatic carbocycles. The van der Waals surface area contributed by atoms with Gasteiger partial charge < -0.3 is 0 Å². The number of carbonyl (C=O) groups is 2. The fourth-order valence-electron chi connectivity index (χ4n) is 2.75. The maximum Gasteiger partial charge on any atom is 0.416 e. The van der Waals surface area contributed by atoms with Crippen molar-refractivity contribution in [2.24, 2.45) is 0 Å². The SMILES string of the molecule is [2H]C([2H])([2H])C(=O)N1C(=O)CCc2cc(-c3ccc(C(F)(F)F)cc3)ccc21. The lowest BCUT2D eigenvalue weighted by molar-refractivity contribution is -0.137. The number of fused-ring (bicyclic) bond motifs is 1. The number of imide groups is 1. The van der Waals surface area contributed by atoms with Gasteiger partial charge in [0.25, 0.3) is 0 Å². The first-order valence-electron chi connectivity index (χ1n) is 8.66. The molecular weight excluding hydrogens is 319 g/mol. The molecule has 0 N–H and O–H groups in total. The summed E-state index contributed by atoms with van der Waals surface area (Å²) in [6.45, 7) is -2.95. The van der Waals surface area contributed by atoms with E-state index in [1.54, 1.807) is 12.1 Å². The molecule has 2 amide bonds. The second kappa shape index (κ2) is 5.78. The zero-order valence-corrected chi connectivity index (χ0v) is 12.4. The number of amides is 2. The highest BCUT2D eigenvalue weighted by Gasteiger charge is 2.30. The van der Waals surface area contributed by atoms with Gasteiger partial charge in [0.15, 0.2) is 0 Å². The fourth-order valence-corrected chi connectivity index (χ4v) is 2.75. The first kappa shape index (κ1) is 12.8. The van der Waals surface area contributed by atoms with Gasteiger partial charge in [0.1, 0.15) is 0 Å². The Labute approximate surface area is 140 Å². The van der Waals surface area contributed by atoms with Crippen molar-refractivity contribution in [3.63, 3.8) is 0 Å². The largest absolute Gasteiger partial charge is 0.416 e. The predicted octanol–water partition coefficient (Wildman–Crippen LogP) is 4.20. The number of carbonyl (C=O) groups excluding carboxylic acids is 2. The van der Waals surface area contributed by atoms with E-state index in [4.69, 9.17) is 4.11 Å². The summed E-state index contributed by atoms with van der Waals surface area (Å²) in [4.78, 5) is 24.9. The van der Waals surface area contributed by atoms with Crippen LogP contribution in [0, 0.1) is 0 Å². The molecule has 1 aliphatic heterocycles. The van der Waals surface area contributed by atoms with Crippen LogP contribution in [-0.4, -0.2) is 11.8 Å². The van der Waals surface area contributed by atoms with Crippen LogP contribution in [-0.2, 0) is 22.2 Å². The third-order valence-electron chi connectivity index (χ3n) is 3.93. The minimum absolute atomic E-state index is 0.0225. The molecule has 0 saturated carbocycles. The summed E-state index contributed by atoms with van der Waals surface area (Å²) in [5, 5.41) is 0. The van der Waals surface area contributed by atoms with E-state index >= 15 is 0 Å². The summed E-state index contributed by atoms with van der Waals surface area (Å²) in [7, 11) is 0. The average molecular weight is 336 g/mol. The molecule has 2 aromatic rings. The molecule has 1 heterocycles. The molecule has 0 spiro atoms. The van der Waals surface area contributed by atoms with Gasteiger partial charge in [-0.15, -0.1) is 0 Å². The van der Waals surface area contributed by atoms with Crippen molar-refractivity contribution < 1.29 is 26.9 Å². The van der Waals surface area contributed by atoms with E-state index in [1.165, 1.54) is 18.2 Å². The Balaban J connectivity index is 1.98. The highest BCUT2D eigenvalue weighted by molar-refractivity contribution is 6.15. The van der Waals surface area contributed by atoms with Gasteiger partial charge in [-0.3, -0.25) is 14.5 Å². The topological polar surface area (TPSA) is 37.4 Å². The van der Waals surface area contributed by atoms with Crippen LogP contribution in [0.15, 0.2) is 42.5 Å². The normalized spacial score (nSPS) is 16.9.